The molecule has 13 heavy (non-hydrogen) atoms. The third-order valence-electron chi connectivity index (χ3n) is 3.51. The molecule has 1 rings (SSSR count). The van der Waals surface area contributed by atoms with Crippen molar-refractivity contribution >= 4 is 5.78 Å². The smallest absolute Gasteiger partial charge is 0.158 e. The molecule has 1 saturated carbocycles. The molecule has 0 N–H and O–H groups in total. The average Bonchev–Trinajstić information content (AvgIpc) is 1.99. The molecule has 0 bridgehead atoms. The summed E-state index contributed by atoms with van der Waals surface area (Å²) in [5.41, 5.74) is 0. The highest BCUT2D eigenvalue weighted by atomic mass is 16.1. The van der Waals surface area contributed by atoms with Crippen LogP contribution in [-0.4, -0.2) is 5.78 Å². The standard InChI is InChI=1S/C12H20O/c1-5-12(13)9(4)11-6-10(7-11)8(2)3/h5,8-11H,1,6-7H2,2-4H3. The first-order valence-corrected chi connectivity index (χ1v) is 5.22. The van der Waals surface area contributed by atoms with Crippen LogP contribution in [-0.2, 0) is 4.79 Å². The summed E-state index contributed by atoms with van der Waals surface area (Å²) >= 11 is 0. The van der Waals surface area contributed by atoms with E-state index in [0.29, 0.717) is 5.92 Å². The lowest BCUT2D eigenvalue weighted by atomic mass is 9.64. The van der Waals surface area contributed by atoms with Crippen molar-refractivity contribution in [3.8, 4) is 0 Å². The molecule has 1 unspecified atom stereocenters. The number of carbonyl (C=O) groups excluding carboxylic acids is 1. The number of allylic oxidation sites excluding steroid dienone is 1. The lowest BCUT2D eigenvalue weighted by Crippen LogP contribution is -2.34. The average molecular weight is 180 g/mol. The minimum Gasteiger partial charge on any atom is -0.295 e. The highest BCUT2D eigenvalue weighted by Gasteiger charge is 2.36. The minimum atomic E-state index is 0.201. The second-order valence-corrected chi connectivity index (χ2v) is 4.63. The van der Waals surface area contributed by atoms with Crippen molar-refractivity contribution in [3.05, 3.63) is 12.7 Å². The van der Waals surface area contributed by atoms with E-state index in [9.17, 15) is 4.79 Å². The number of rotatable bonds is 4. The summed E-state index contributed by atoms with van der Waals surface area (Å²) in [5.74, 6) is 2.67. The van der Waals surface area contributed by atoms with Gasteiger partial charge in [0.25, 0.3) is 0 Å². The Kier molecular flexibility index (Phi) is 3.29. The molecule has 0 aromatic heterocycles. The van der Waals surface area contributed by atoms with Gasteiger partial charge in [0.1, 0.15) is 0 Å². The van der Waals surface area contributed by atoms with Crippen LogP contribution in [0.25, 0.3) is 0 Å². The lowest BCUT2D eigenvalue weighted by molar-refractivity contribution is -0.121. The molecule has 0 aromatic carbocycles. The molecule has 1 atom stereocenters. The van der Waals surface area contributed by atoms with E-state index in [0.717, 1.165) is 11.8 Å². The molecule has 1 aliphatic carbocycles. The van der Waals surface area contributed by atoms with E-state index in [1.165, 1.54) is 18.9 Å². The molecule has 1 fully saturated rings. The van der Waals surface area contributed by atoms with Crippen molar-refractivity contribution < 1.29 is 4.79 Å². The van der Waals surface area contributed by atoms with Crippen molar-refractivity contribution in [3.63, 3.8) is 0 Å². The first kappa shape index (κ1) is 10.5. The molecule has 1 nitrogen and oxygen atoms in total. The van der Waals surface area contributed by atoms with Crippen molar-refractivity contribution in [2.45, 2.75) is 33.6 Å². The van der Waals surface area contributed by atoms with Gasteiger partial charge < -0.3 is 0 Å². The number of ketones is 1. The van der Waals surface area contributed by atoms with Gasteiger partial charge in [-0.25, -0.2) is 0 Å². The van der Waals surface area contributed by atoms with Crippen LogP contribution in [0.2, 0.25) is 0 Å². The van der Waals surface area contributed by atoms with Crippen molar-refractivity contribution in [2.75, 3.05) is 0 Å². The summed E-state index contributed by atoms with van der Waals surface area (Å²) in [6.07, 6.45) is 3.93. The van der Waals surface area contributed by atoms with Gasteiger partial charge in [0, 0.05) is 5.92 Å². The normalized spacial score (nSPS) is 29.5. The predicted octanol–water partition coefficient (Wildman–Crippen LogP) is 3.06. The summed E-state index contributed by atoms with van der Waals surface area (Å²) in [4.78, 5) is 11.3. The molecule has 0 radical (unpaired) electrons. The first-order chi connectivity index (χ1) is 6.06. The van der Waals surface area contributed by atoms with Gasteiger partial charge in [0.15, 0.2) is 5.78 Å². The van der Waals surface area contributed by atoms with Crippen molar-refractivity contribution in [2.24, 2.45) is 23.7 Å². The third kappa shape index (κ3) is 2.20. The van der Waals surface area contributed by atoms with Crippen LogP contribution in [0.3, 0.4) is 0 Å². The highest BCUT2D eigenvalue weighted by molar-refractivity contribution is 5.91. The number of hydrogen-bond acceptors (Lipinski definition) is 1. The van der Waals surface area contributed by atoms with E-state index in [1.807, 2.05) is 6.92 Å². The van der Waals surface area contributed by atoms with Crippen LogP contribution < -0.4 is 0 Å². The maximum Gasteiger partial charge on any atom is 0.158 e. The summed E-state index contributed by atoms with van der Waals surface area (Å²) in [6.45, 7) is 10.1. The fourth-order valence-electron chi connectivity index (χ4n) is 2.08. The van der Waals surface area contributed by atoms with Gasteiger partial charge in [-0.15, -0.1) is 0 Å². The van der Waals surface area contributed by atoms with E-state index < -0.39 is 0 Å². The monoisotopic (exact) mass is 180 g/mol. The zero-order chi connectivity index (χ0) is 10.0. The van der Waals surface area contributed by atoms with Crippen LogP contribution in [0.4, 0.5) is 0 Å². The SMILES string of the molecule is C=CC(=O)C(C)C1CC(C(C)C)C1. The molecular formula is C12H20O. The quantitative estimate of drug-likeness (QED) is 0.608. The second-order valence-electron chi connectivity index (χ2n) is 4.63. The Labute approximate surface area is 81.2 Å². The topological polar surface area (TPSA) is 17.1 Å². The summed E-state index contributed by atoms with van der Waals surface area (Å²) in [5, 5.41) is 0. The number of hydrogen-bond donors (Lipinski definition) is 0. The van der Waals surface area contributed by atoms with E-state index in [1.54, 1.807) is 0 Å². The van der Waals surface area contributed by atoms with Gasteiger partial charge in [-0.3, -0.25) is 4.79 Å². The molecule has 1 aliphatic rings. The molecule has 0 aromatic rings. The Balaban J connectivity index is 2.34. The molecule has 0 aliphatic heterocycles. The van der Waals surface area contributed by atoms with E-state index >= 15 is 0 Å². The van der Waals surface area contributed by atoms with Gasteiger partial charge in [-0.1, -0.05) is 27.4 Å². The van der Waals surface area contributed by atoms with Gasteiger partial charge in [-0.2, -0.15) is 0 Å². The van der Waals surface area contributed by atoms with Crippen LogP contribution in [0.15, 0.2) is 12.7 Å². The molecule has 74 valence electrons. The van der Waals surface area contributed by atoms with Crippen LogP contribution in [0.5, 0.6) is 0 Å². The largest absolute Gasteiger partial charge is 0.295 e. The maximum absolute atomic E-state index is 11.3. The Morgan fingerprint density at radius 3 is 2.23 bits per heavy atom. The summed E-state index contributed by atoms with van der Waals surface area (Å²) in [7, 11) is 0. The fraction of sp³-hybridized carbons (Fsp3) is 0.750. The summed E-state index contributed by atoms with van der Waals surface area (Å²) in [6, 6.07) is 0. The predicted molar refractivity (Wildman–Crippen MR) is 55.4 cm³/mol. The highest BCUT2D eigenvalue weighted by Crippen LogP contribution is 2.43. The molecule has 0 heterocycles. The van der Waals surface area contributed by atoms with E-state index in [2.05, 4.69) is 20.4 Å². The molecule has 0 saturated heterocycles. The van der Waals surface area contributed by atoms with Crippen LogP contribution in [0.1, 0.15) is 33.6 Å². The van der Waals surface area contributed by atoms with Crippen LogP contribution >= 0.6 is 0 Å². The maximum atomic E-state index is 11.3. The Morgan fingerprint density at radius 1 is 1.31 bits per heavy atom. The second kappa shape index (κ2) is 4.08. The molecule has 0 amide bonds. The van der Waals surface area contributed by atoms with E-state index in [-0.39, 0.29) is 11.7 Å². The lowest BCUT2D eigenvalue weighted by Gasteiger charge is -2.40. The van der Waals surface area contributed by atoms with E-state index in [4.69, 9.17) is 0 Å². The first-order valence-electron chi connectivity index (χ1n) is 5.22. The Bertz CT molecular complexity index is 199. The van der Waals surface area contributed by atoms with Crippen LogP contribution in [0, 0.1) is 23.7 Å². The Hall–Kier alpha value is -0.590. The molecule has 0 spiro atoms. The molecular weight excluding hydrogens is 160 g/mol. The zero-order valence-electron chi connectivity index (χ0n) is 8.92. The van der Waals surface area contributed by atoms with Crippen molar-refractivity contribution in [1.29, 1.82) is 0 Å². The zero-order valence-corrected chi connectivity index (χ0v) is 8.92. The fourth-order valence-corrected chi connectivity index (χ4v) is 2.08. The third-order valence-corrected chi connectivity index (χ3v) is 3.51. The molecule has 1 heteroatoms. The van der Waals surface area contributed by atoms with Crippen molar-refractivity contribution in [1.82, 2.24) is 0 Å². The van der Waals surface area contributed by atoms with Gasteiger partial charge >= 0.3 is 0 Å². The van der Waals surface area contributed by atoms with Gasteiger partial charge in [-0.05, 0) is 36.7 Å². The van der Waals surface area contributed by atoms with Gasteiger partial charge in [0.05, 0.1) is 0 Å². The number of carbonyl (C=O) groups is 1. The minimum absolute atomic E-state index is 0.201. The Morgan fingerprint density at radius 2 is 1.85 bits per heavy atom. The summed E-state index contributed by atoms with van der Waals surface area (Å²) < 4.78 is 0. The van der Waals surface area contributed by atoms with Gasteiger partial charge in [0.2, 0.25) is 0 Å².